The molecule has 4 aromatic rings. The molecule has 0 radical (unpaired) electrons. The average molecular weight is 458 g/mol. The number of nitrogens with zero attached hydrogens (tertiary/aromatic N) is 3. The van der Waals surface area contributed by atoms with Gasteiger partial charge in [0.15, 0.2) is 5.13 Å². The van der Waals surface area contributed by atoms with Crippen LogP contribution < -0.4 is 4.90 Å². The molecule has 33 heavy (non-hydrogen) atoms. The lowest BCUT2D eigenvalue weighted by molar-refractivity contribution is -0.118. The minimum absolute atomic E-state index is 0.000107. The number of amides is 1. The van der Waals surface area contributed by atoms with Crippen molar-refractivity contribution in [3.05, 3.63) is 95.1 Å². The van der Waals surface area contributed by atoms with Crippen molar-refractivity contribution in [3.63, 3.8) is 0 Å². The SMILES string of the molecule is Cc1cc(C)c2nc(N(CCN(C)C)C(=O)CC(c3ccccc3)c3ccccc3)sc2c1. The Kier molecular flexibility index (Phi) is 7.21. The molecule has 1 amide bonds. The second-order valence-corrected chi connectivity index (χ2v) is 9.86. The molecule has 0 bridgehead atoms. The quantitative estimate of drug-likeness (QED) is 0.324. The van der Waals surface area contributed by atoms with Crippen LogP contribution in [0.3, 0.4) is 0 Å². The summed E-state index contributed by atoms with van der Waals surface area (Å²) in [7, 11) is 4.07. The first-order chi connectivity index (χ1) is 15.9. The number of anilines is 1. The minimum atomic E-state index is 0.000107. The van der Waals surface area contributed by atoms with Crippen molar-refractivity contribution >= 4 is 32.6 Å². The second-order valence-electron chi connectivity index (χ2n) is 8.85. The highest BCUT2D eigenvalue weighted by atomic mass is 32.1. The third kappa shape index (κ3) is 5.49. The molecule has 0 aliphatic rings. The number of aromatic nitrogens is 1. The van der Waals surface area contributed by atoms with Gasteiger partial charge in [0.05, 0.1) is 10.2 Å². The standard InChI is InChI=1S/C28H31N3OS/c1-20-17-21(2)27-25(18-20)33-28(29-27)31(16-15-30(3)4)26(32)19-24(22-11-7-5-8-12-22)23-13-9-6-10-14-23/h5-14,17-18,24H,15-16,19H2,1-4H3. The van der Waals surface area contributed by atoms with E-state index in [-0.39, 0.29) is 11.8 Å². The molecule has 0 aliphatic carbocycles. The van der Waals surface area contributed by atoms with Crippen molar-refractivity contribution in [2.45, 2.75) is 26.2 Å². The van der Waals surface area contributed by atoms with Crippen molar-refractivity contribution in [1.29, 1.82) is 0 Å². The number of fused-ring (bicyclic) bond motifs is 1. The van der Waals surface area contributed by atoms with E-state index in [0.29, 0.717) is 13.0 Å². The highest BCUT2D eigenvalue weighted by Gasteiger charge is 2.25. The Labute approximate surface area is 200 Å². The van der Waals surface area contributed by atoms with Gasteiger partial charge in [0.1, 0.15) is 0 Å². The van der Waals surface area contributed by atoms with Gasteiger partial charge in [-0.2, -0.15) is 0 Å². The summed E-state index contributed by atoms with van der Waals surface area (Å²) >= 11 is 1.61. The number of hydrogen-bond acceptors (Lipinski definition) is 4. The van der Waals surface area contributed by atoms with E-state index in [4.69, 9.17) is 4.98 Å². The van der Waals surface area contributed by atoms with Crippen LogP contribution in [0.5, 0.6) is 0 Å². The molecule has 0 saturated heterocycles. The molecule has 0 spiro atoms. The van der Waals surface area contributed by atoms with E-state index in [0.717, 1.165) is 38.6 Å². The average Bonchev–Trinajstić information content (AvgIpc) is 3.22. The van der Waals surface area contributed by atoms with Crippen LogP contribution in [-0.2, 0) is 4.79 Å². The van der Waals surface area contributed by atoms with E-state index in [1.54, 1.807) is 11.3 Å². The first kappa shape index (κ1) is 23.1. The van der Waals surface area contributed by atoms with Gasteiger partial charge in [-0.3, -0.25) is 9.69 Å². The van der Waals surface area contributed by atoms with E-state index >= 15 is 0 Å². The van der Waals surface area contributed by atoms with Crippen molar-refractivity contribution in [1.82, 2.24) is 9.88 Å². The molecular formula is C28H31N3OS. The zero-order valence-corrected chi connectivity index (χ0v) is 20.6. The summed E-state index contributed by atoms with van der Waals surface area (Å²) in [5.74, 6) is 0.100. The number of thiazole rings is 1. The van der Waals surface area contributed by atoms with E-state index in [2.05, 4.69) is 55.1 Å². The predicted molar refractivity (Wildman–Crippen MR) is 139 cm³/mol. The number of benzene rings is 3. The number of aryl methyl sites for hydroxylation is 2. The zero-order chi connectivity index (χ0) is 23.4. The number of rotatable bonds is 8. The predicted octanol–water partition coefficient (Wildman–Crippen LogP) is 6.03. The molecule has 5 heteroatoms. The Morgan fingerprint density at radius 1 is 0.909 bits per heavy atom. The maximum atomic E-state index is 13.8. The molecule has 0 N–H and O–H groups in total. The molecule has 4 nitrogen and oxygen atoms in total. The Balaban J connectivity index is 1.69. The van der Waals surface area contributed by atoms with Gasteiger partial charge in [-0.15, -0.1) is 0 Å². The molecule has 0 fully saturated rings. The molecule has 0 saturated carbocycles. The Morgan fingerprint density at radius 3 is 2.09 bits per heavy atom. The summed E-state index contributed by atoms with van der Waals surface area (Å²) in [5, 5.41) is 0.783. The Morgan fingerprint density at radius 2 is 1.52 bits per heavy atom. The number of carbonyl (C=O) groups excluding carboxylic acids is 1. The van der Waals surface area contributed by atoms with Gasteiger partial charge >= 0.3 is 0 Å². The first-order valence-electron chi connectivity index (χ1n) is 11.3. The smallest absolute Gasteiger partial charge is 0.229 e. The van der Waals surface area contributed by atoms with Gasteiger partial charge in [0.2, 0.25) is 5.91 Å². The largest absolute Gasteiger partial charge is 0.308 e. The van der Waals surface area contributed by atoms with Crippen molar-refractivity contribution in [3.8, 4) is 0 Å². The molecule has 1 heterocycles. The Hall–Kier alpha value is -3.02. The van der Waals surface area contributed by atoms with Crippen LogP contribution in [0.2, 0.25) is 0 Å². The Bertz CT molecular complexity index is 1180. The number of hydrogen-bond donors (Lipinski definition) is 0. The fraction of sp³-hybridized carbons (Fsp3) is 0.286. The first-order valence-corrected chi connectivity index (χ1v) is 12.2. The third-order valence-electron chi connectivity index (χ3n) is 5.90. The van der Waals surface area contributed by atoms with Gasteiger partial charge in [0.25, 0.3) is 0 Å². The van der Waals surface area contributed by atoms with Crippen LogP contribution in [0.25, 0.3) is 10.2 Å². The zero-order valence-electron chi connectivity index (χ0n) is 19.8. The normalized spacial score (nSPS) is 11.5. The van der Waals surface area contributed by atoms with Gasteiger partial charge in [-0.05, 0) is 56.3 Å². The van der Waals surface area contributed by atoms with E-state index in [9.17, 15) is 4.79 Å². The third-order valence-corrected chi connectivity index (χ3v) is 6.93. The lowest BCUT2D eigenvalue weighted by Gasteiger charge is -2.25. The number of carbonyl (C=O) groups is 1. The summed E-state index contributed by atoms with van der Waals surface area (Å²) in [6, 6.07) is 24.9. The van der Waals surface area contributed by atoms with Crippen LogP contribution in [-0.4, -0.2) is 43.0 Å². The topological polar surface area (TPSA) is 36.4 Å². The van der Waals surface area contributed by atoms with Crippen molar-refractivity contribution in [2.75, 3.05) is 32.1 Å². The van der Waals surface area contributed by atoms with E-state index < -0.39 is 0 Å². The molecule has 1 aromatic heterocycles. The lowest BCUT2D eigenvalue weighted by atomic mass is 9.88. The maximum Gasteiger partial charge on any atom is 0.229 e. The fourth-order valence-electron chi connectivity index (χ4n) is 4.19. The monoisotopic (exact) mass is 457 g/mol. The van der Waals surface area contributed by atoms with Crippen LogP contribution in [0.1, 0.15) is 34.6 Å². The fourth-order valence-corrected chi connectivity index (χ4v) is 5.37. The van der Waals surface area contributed by atoms with Crippen LogP contribution >= 0.6 is 11.3 Å². The summed E-state index contributed by atoms with van der Waals surface area (Å²) in [5.41, 5.74) is 5.67. The minimum Gasteiger partial charge on any atom is -0.308 e. The summed E-state index contributed by atoms with van der Waals surface area (Å²) in [6.45, 7) is 5.58. The van der Waals surface area contributed by atoms with Crippen LogP contribution in [0.4, 0.5) is 5.13 Å². The molecular weight excluding hydrogens is 426 g/mol. The molecule has 0 atom stereocenters. The van der Waals surface area contributed by atoms with Crippen LogP contribution in [0.15, 0.2) is 72.8 Å². The molecule has 0 unspecified atom stereocenters. The second kappa shape index (κ2) is 10.3. The van der Waals surface area contributed by atoms with Crippen LogP contribution in [0, 0.1) is 13.8 Å². The van der Waals surface area contributed by atoms with E-state index in [1.807, 2.05) is 55.4 Å². The molecule has 4 rings (SSSR count). The van der Waals surface area contributed by atoms with Gasteiger partial charge in [-0.1, -0.05) is 78.1 Å². The molecule has 3 aromatic carbocycles. The summed E-state index contributed by atoms with van der Waals surface area (Å²) < 4.78 is 1.13. The van der Waals surface area contributed by atoms with Crippen molar-refractivity contribution in [2.24, 2.45) is 0 Å². The van der Waals surface area contributed by atoms with E-state index in [1.165, 1.54) is 5.56 Å². The number of likely N-dealkylation sites (N-methyl/N-ethyl adjacent to an activating group) is 1. The molecule has 0 aliphatic heterocycles. The van der Waals surface area contributed by atoms with Crippen molar-refractivity contribution < 1.29 is 4.79 Å². The van der Waals surface area contributed by atoms with Gasteiger partial charge < -0.3 is 4.90 Å². The molecule has 170 valence electrons. The van der Waals surface area contributed by atoms with Gasteiger partial charge in [0, 0.05) is 25.4 Å². The van der Waals surface area contributed by atoms with Gasteiger partial charge in [-0.25, -0.2) is 4.98 Å². The highest BCUT2D eigenvalue weighted by molar-refractivity contribution is 7.22. The lowest BCUT2D eigenvalue weighted by Crippen LogP contribution is -2.37. The summed E-state index contributed by atoms with van der Waals surface area (Å²) in [4.78, 5) is 22.7. The highest BCUT2D eigenvalue weighted by Crippen LogP contribution is 2.34. The maximum absolute atomic E-state index is 13.8. The summed E-state index contributed by atoms with van der Waals surface area (Å²) in [6.07, 6.45) is 0.398.